The van der Waals surface area contributed by atoms with Crippen molar-refractivity contribution in [3.05, 3.63) is 26.4 Å². The summed E-state index contributed by atoms with van der Waals surface area (Å²) in [5.74, 6) is -0.588. The number of nitrogens with two attached hydrogens (primary N) is 1. The summed E-state index contributed by atoms with van der Waals surface area (Å²) < 4.78 is 2.98. The van der Waals surface area contributed by atoms with Crippen molar-refractivity contribution in [2.75, 3.05) is 11.5 Å². The number of carbonyl (C=O) groups is 1. The maximum atomic E-state index is 12.6. The molecule has 1 saturated carbocycles. The highest BCUT2D eigenvalue weighted by atomic mass is 32.2. The van der Waals surface area contributed by atoms with Crippen LogP contribution in [0.15, 0.2) is 14.7 Å². The molecule has 1 aliphatic rings. The summed E-state index contributed by atoms with van der Waals surface area (Å²) in [6.07, 6.45) is 6.17. The van der Waals surface area contributed by atoms with Gasteiger partial charge in [-0.15, -0.1) is 5.10 Å². The smallest absolute Gasteiger partial charge is 0.329 e. The summed E-state index contributed by atoms with van der Waals surface area (Å²) in [6.45, 7) is 2.20. The summed E-state index contributed by atoms with van der Waals surface area (Å²) in [7, 11) is 0. The van der Waals surface area contributed by atoms with E-state index in [4.69, 9.17) is 5.73 Å². The molecule has 0 radical (unpaired) electrons. The number of carbonyl (C=O) groups excluding carboxylic acids is 1. The monoisotopic (exact) mass is 393 g/mol. The lowest BCUT2D eigenvalue weighted by Crippen LogP contribution is -2.36. The minimum Gasteiger partial charge on any atom is -0.384 e. The molecule has 0 aromatic carbocycles. The number of aromatic nitrogens is 6. The van der Waals surface area contributed by atoms with Crippen molar-refractivity contribution < 1.29 is 4.79 Å². The lowest BCUT2D eigenvalue weighted by molar-refractivity contribution is 0.102. The van der Waals surface area contributed by atoms with Gasteiger partial charge in [0.05, 0.1) is 11.8 Å². The molecule has 1 fully saturated rings. The average Bonchev–Trinajstić information content (AvgIpc) is 3.12. The number of H-pyrrole nitrogens is 1. The maximum Gasteiger partial charge on any atom is 0.329 e. The van der Waals surface area contributed by atoms with Gasteiger partial charge in [-0.05, 0) is 29.7 Å². The summed E-state index contributed by atoms with van der Waals surface area (Å²) in [5.41, 5.74) is 4.38. The molecule has 3 rings (SSSR count). The minimum absolute atomic E-state index is 0.0370. The Morgan fingerprint density at radius 2 is 2.04 bits per heavy atom. The van der Waals surface area contributed by atoms with Crippen molar-refractivity contribution in [1.29, 1.82) is 0 Å². The van der Waals surface area contributed by atoms with Crippen LogP contribution in [-0.4, -0.2) is 41.3 Å². The van der Waals surface area contributed by atoms with Gasteiger partial charge in [-0.1, -0.05) is 37.9 Å². The van der Waals surface area contributed by atoms with Gasteiger partial charge < -0.3 is 5.73 Å². The van der Waals surface area contributed by atoms with Crippen LogP contribution in [0, 0.1) is 0 Å². The van der Waals surface area contributed by atoms with Crippen LogP contribution in [0.3, 0.4) is 0 Å². The van der Waals surface area contributed by atoms with E-state index in [1.807, 2.05) is 6.92 Å². The van der Waals surface area contributed by atoms with Crippen LogP contribution in [0.5, 0.6) is 0 Å². The van der Waals surface area contributed by atoms with E-state index < -0.39 is 17.0 Å². The van der Waals surface area contributed by atoms with E-state index in [0.29, 0.717) is 18.1 Å². The van der Waals surface area contributed by atoms with Crippen LogP contribution in [-0.2, 0) is 6.54 Å². The van der Waals surface area contributed by atoms with Crippen LogP contribution in [0.25, 0.3) is 0 Å². The topological polar surface area (TPSA) is 142 Å². The summed E-state index contributed by atoms with van der Waals surface area (Å²) in [6, 6.07) is 0.242. The van der Waals surface area contributed by atoms with Crippen LogP contribution < -0.4 is 17.0 Å². The normalized spacial score (nSPS) is 15.1. The van der Waals surface area contributed by atoms with Crippen molar-refractivity contribution in [1.82, 2.24) is 29.8 Å². The van der Waals surface area contributed by atoms with E-state index in [0.717, 1.165) is 25.7 Å². The number of rotatable bonds is 7. The third kappa shape index (κ3) is 4.12. The second-order valence-corrected chi connectivity index (χ2v) is 7.52. The zero-order chi connectivity index (χ0) is 19.4. The Bertz CT molecular complexity index is 927. The van der Waals surface area contributed by atoms with Gasteiger partial charge in [-0.2, -0.15) is 0 Å². The van der Waals surface area contributed by atoms with Crippen LogP contribution >= 0.6 is 11.8 Å². The van der Waals surface area contributed by atoms with Crippen LogP contribution in [0.2, 0.25) is 0 Å². The van der Waals surface area contributed by atoms with Gasteiger partial charge in [-0.3, -0.25) is 19.1 Å². The third-order valence-electron chi connectivity index (χ3n) is 4.68. The number of ketones is 1. The molecule has 146 valence electrons. The first-order valence-electron chi connectivity index (χ1n) is 9.09. The molecule has 0 bridgehead atoms. The summed E-state index contributed by atoms with van der Waals surface area (Å²) in [5, 5.41) is 12.3. The molecule has 2 aromatic heterocycles. The highest BCUT2D eigenvalue weighted by molar-refractivity contribution is 7.99. The number of aromatic amines is 1. The first-order chi connectivity index (χ1) is 13.0. The lowest BCUT2D eigenvalue weighted by atomic mass is 9.96. The minimum atomic E-state index is -0.762. The van der Waals surface area contributed by atoms with Gasteiger partial charge >= 0.3 is 5.69 Å². The molecule has 11 heteroatoms. The Labute approximate surface area is 159 Å². The fourth-order valence-electron chi connectivity index (χ4n) is 3.34. The molecule has 2 heterocycles. The molecule has 3 N–H and O–H groups in total. The molecule has 0 saturated heterocycles. The van der Waals surface area contributed by atoms with Crippen molar-refractivity contribution in [3.8, 4) is 0 Å². The molecule has 27 heavy (non-hydrogen) atoms. The fourth-order valence-corrected chi connectivity index (χ4v) is 4.16. The highest BCUT2D eigenvalue weighted by Gasteiger charge is 2.23. The van der Waals surface area contributed by atoms with E-state index in [2.05, 4.69) is 20.5 Å². The lowest BCUT2D eigenvalue weighted by Gasteiger charge is -2.21. The van der Waals surface area contributed by atoms with Gasteiger partial charge in [0.1, 0.15) is 11.4 Å². The second-order valence-electron chi connectivity index (χ2n) is 6.58. The highest BCUT2D eigenvalue weighted by Crippen LogP contribution is 2.30. The van der Waals surface area contributed by atoms with Crippen LogP contribution in [0.4, 0.5) is 5.82 Å². The van der Waals surface area contributed by atoms with Gasteiger partial charge in [0.2, 0.25) is 5.16 Å². The Balaban J connectivity index is 1.78. The Morgan fingerprint density at radius 3 is 2.74 bits per heavy atom. The molecule has 0 atom stereocenters. The van der Waals surface area contributed by atoms with E-state index in [1.54, 1.807) is 4.68 Å². The average molecular weight is 393 g/mol. The first kappa shape index (κ1) is 19.3. The number of Topliss-reactive ketones (excluding diaryl/α,β-unsaturated/α-hetero) is 1. The predicted octanol–water partition coefficient (Wildman–Crippen LogP) is 0.995. The zero-order valence-electron chi connectivity index (χ0n) is 15.2. The molecule has 10 nitrogen and oxygen atoms in total. The van der Waals surface area contributed by atoms with Crippen molar-refractivity contribution in [3.63, 3.8) is 0 Å². The number of tetrazole rings is 1. The summed E-state index contributed by atoms with van der Waals surface area (Å²) in [4.78, 5) is 38.8. The Kier molecular flexibility index (Phi) is 6.09. The molecule has 1 aliphatic carbocycles. The van der Waals surface area contributed by atoms with Gasteiger partial charge in [0.15, 0.2) is 5.78 Å². The number of hydrogen-bond donors (Lipinski definition) is 2. The number of hydrogen-bond acceptors (Lipinski definition) is 8. The number of thioether (sulfide) groups is 1. The van der Waals surface area contributed by atoms with E-state index in [1.165, 1.54) is 22.7 Å². The maximum absolute atomic E-state index is 12.6. The molecule has 2 aromatic rings. The van der Waals surface area contributed by atoms with Crippen molar-refractivity contribution >= 4 is 23.4 Å². The second kappa shape index (κ2) is 8.51. The fraction of sp³-hybridized carbons (Fsp3) is 0.625. The first-order valence-corrected chi connectivity index (χ1v) is 10.1. The molecule has 0 aliphatic heterocycles. The number of nitrogens with one attached hydrogen (secondary N) is 1. The van der Waals surface area contributed by atoms with Gasteiger partial charge in [-0.25, -0.2) is 9.48 Å². The third-order valence-corrected chi connectivity index (χ3v) is 5.61. The van der Waals surface area contributed by atoms with Crippen molar-refractivity contribution in [2.24, 2.45) is 0 Å². The zero-order valence-corrected chi connectivity index (χ0v) is 16.0. The molecule has 0 amide bonds. The largest absolute Gasteiger partial charge is 0.384 e. The number of nitrogen functional groups attached to an aromatic ring is 1. The van der Waals surface area contributed by atoms with E-state index in [9.17, 15) is 14.4 Å². The standard InChI is InChI=1S/C16H23N7O3S/c1-2-8-22-13(17)12(14(25)18-15(22)26)11(24)9-27-16-19-20-21-23(16)10-6-4-3-5-7-10/h10H,2-9,17H2,1H3,(H,18,25,26). The number of anilines is 1. The predicted molar refractivity (Wildman–Crippen MR) is 101 cm³/mol. The molecular formula is C16H23N7O3S. The van der Waals surface area contributed by atoms with Gasteiger partial charge in [0.25, 0.3) is 5.56 Å². The molecule has 0 spiro atoms. The van der Waals surface area contributed by atoms with Crippen molar-refractivity contribution in [2.45, 2.75) is 63.2 Å². The Hall–Kier alpha value is -2.43. The quantitative estimate of drug-likeness (QED) is 0.524. The summed E-state index contributed by atoms with van der Waals surface area (Å²) >= 11 is 1.17. The van der Waals surface area contributed by atoms with E-state index in [-0.39, 0.29) is 23.2 Å². The Morgan fingerprint density at radius 1 is 1.30 bits per heavy atom. The van der Waals surface area contributed by atoms with E-state index >= 15 is 0 Å². The molecule has 0 unspecified atom stereocenters. The number of nitrogens with zero attached hydrogens (tertiary/aromatic N) is 5. The van der Waals surface area contributed by atoms with Crippen LogP contribution in [0.1, 0.15) is 61.8 Å². The van der Waals surface area contributed by atoms with Gasteiger partial charge in [0, 0.05) is 6.54 Å². The SMILES string of the molecule is CCCn1c(N)c(C(=O)CSc2nnnn2C2CCCCC2)c(=O)[nH]c1=O. The molecular weight excluding hydrogens is 370 g/mol.